The maximum Gasteiger partial charge on any atom is 0.450 e. The van der Waals surface area contributed by atoms with Gasteiger partial charge in [0.15, 0.2) is 5.65 Å². The molecule has 35 heavy (non-hydrogen) atoms. The summed E-state index contributed by atoms with van der Waals surface area (Å²) in [5.41, 5.74) is 0.120. The van der Waals surface area contributed by atoms with Crippen LogP contribution in [0.1, 0.15) is 34.7 Å². The number of hydrogen-bond donors (Lipinski definition) is 2. The SMILES string of the molecule is Cc1cc(C(=O)Nc2cccc(Oc3ccc4nc(NC(=O)C5CC5)nn4c3)c2)c(C(F)(F)F)o1. The molecule has 3 heterocycles. The van der Waals surface area contributed by atoms with Crippen LogP contribution in [0, 0.1) is 12.8 Å². The number of fused-ring (bicyclic) bond motifs is 1. The second kappa shape index (κ2) is 8.46. The van der Waals surface area contributed by atoms with E-state index in [2.05, 4.69) is 25.1 Å². The maximum absolute atomic E-state index is 13.2. The monoisotopic (exact) mass is 485 g/mol. The van der Waals surface area contributed by atoms with Gasteiger partial charge in [-0.25, -0.2) is 4.52 Å². The number of halogens is 3. The molecule has 0 radical (unpaired) electrons. The van der Waals surface area contributed by atoms with E-state index < -0.39 is 23.4 Å². The predicted molar refractivity (Wildman–Crippen MR) is 117 cm³/mol. The van der Waals surface area contributed by atoms with Crippen molar-refractivity contribution < 1.29 is 31.9 Å². The van der Waals surface area contributed by atoms with Gasteiger partial charge in [0.05, 0.1) is 11.8 Å². The number of alkyl halides is 3. The number of ether oxygens (including phenoxy) is 1. The van der Waals surface area contributed by atoms with Crippen LogP contribution in [0.25, 0.3) is 5.65 Å². The smallest absolute Gasteiger partial charge is 0.450 e. The number of anilines is 2. The Morgan fingerprint density at radius 1 is 1.11 bits per heavy atom. The number of aromatic nitrogens is 3. The van der Waals surface area contributed by atoms with E-state index in [9.17, 15) is 22.8 Å². The normalized spacial score (nSPS) is 13.6. The van der Waals surface area contributed by atoms with Gasteiger partial charge in [-0.1, -0.05) is 6.07 Å². The largest absolute Gasteiger partial charge is 0.456 e. The Morgan fingerprint density at radius 3 is 2.66 bits per heavy atom. The van der Waals surface area contributed by atoms with Gasteiger partial charge >= 0.3 is 6.18 Å². The number of pyridine rings is 1. The Bertz CT molecular complexity index is 1440. The predicted octanol–water partition coefficient (Wildman–Crippen LogP) is 5.04. The van der Waals surface area contributed by atoms with Gasteiger partial charge in [0.1, 0.15) is 17.3 Å². The third-order valence-corrected chi connectivity index (χ3v) is 5.17. The lowest BCUT2D eigenvalue weighted by molar-refractivity contribution is -0.153. The van der Waals surface area contributed by atoms with E-state index in [0.717, 1.165) is 18.9 Å². The van der Waals surface area contributed by atoms with E-state index in [4.69, 9.17) is 4.74 Å². The molecule has 0 saturated heterocycles. The van der Waals surface area contributed by atoms with Crippen LogP contribution in [-0.4, -0.2) is 26.4 Å². The highest BCUT2D eigenvalue weighted by molar-refractivity contribution is 6.05. The average Bonchev–Trinajstić information content (AvgIpc) is 3.45. The van der Waals surface area contributed by atoms with Gasteiger partial charge in [0.2, 0.25) is 17.6 Å². The van der Waals surface area contributed by atoms with Crippen LogP contribution in [0.2, 0.25) is 0 Å². The molecule has 2 N–H and O–H groups in total. The molecular weight excluding hydrogens is 467 g/mol. The quantitative estimate of drug-likeness (QED) is 0.396. The van der Waals surface area contributed by atoms with E-state index in [-0.39, 0.29) is 29.2 Å². The van der Waals surface area contributed by atoms with Gasteiger partial charge in [0.25, 0.3) is 5.91 Å². The molecule has 1 aliphatic rings. The molecule has 0 atom stereocenters. The zero-order valence-corrected chi connectivity index (χ0v) is 18.2. The number of carbonyl (C=O) groups is 2. The topological polar surface area (TPSA) is 111 Å². The zero-order chi connectivity index (χ0) is 24.7. The third kappa shape index (κ3) is 4.95. The molecule has 180 valence electrons. The van der Waals surface area contributed by atoms with Gasteiger partial charge in [0, 0.05) is 17.7 Å². The van der Waals surface area contributed by atoms with Crippen LogP contribution in [0.3, 0.4) is 0 Å². The number of benzene rings is 1. The summed E-state index contributed by atoms with van der Waals surface area (Å²) < 4.78 is 51.4. The van der Waals surface area contributed by atoms with Crippen molar-refractivity contribution in [1.29, 1.82) is 0 Å². The minimum absolute atomic E-state index is 0.0193. The number of nitrogens with zero attached hydrogens (tertiary/aromatic N) is 3. The molecule has 9 nitrogen and oxygen atoms in total. The first kappa shape index (κ1) is 22.4. The molecule has 1 fully saturated rings. The molecule has 0 bridgehead atoms. The lowest BCUT2D eigenvalue weighted by Gasteiger charge is -2.10. The van der Waals surface area contributed by atoms with Crippen molar-refractivity contribution in [3.05, 3.63) is 65.7 Å². The first-order valence-electron chi connectivity index (χ1n) is 10.6. The Balaban J connectivity index is 1.30. The summed E-state index contributed by atoms with van der Waals surface area (Å²) in [7, 11) is 0. The highest BCUT2D eigenvalue weighted by Crippen LogP contribution is 2.35. The number of furan rings is 1. The summed E-state index contributed by atoms with van der Waals surface area (Å²) in [5.74, 6) is -1.53. The zero-order valence-electron chi connectivity index (χ0n) is 18.2. The van der Waals surface area contributed by atoms with Crippen LogP contribution in [0.15, 0.2) is 53.1 Å². The molecule has 0 aliphatic heterocycles. The second-order valence-electron chi connectivity index (χ2n) is 8.05. The standard InChI is InChI=1S/C23H18F3N5O4/c1-12-9-17(19(34-12)23(24,25)26)21(33)27-14-3-2-4-15(10-14)35-16-7-8-18-28-22(30-31(18)11-16)29-20(32)13-5-6-13/h2-4,7-11,13H,5-6H2,1H3,(H,27,33)(H,29,30,32). The molecule has 0 spiro atoms. The summed E-state index contributed by atoms with van der Waals surface area (Å²) in [6.45, 7) is 1.33. The minimum Gasteiger partial charge on any atom is -0.456 e. The molecule has 0 unspecified atom stereocenters. The molecule has 1 saturated carbocycles. The summed E-state index contributed by atoms with van der Waals surface area (Å²) >= 11 is 0. The average molecular weight is 485 g/mol. The number of amides is 2. The van der Waals surface area contributed by atoms with E-state index >= 15 is 0 Å². The fourth-order valence-corrected chi connectivity index (χ4v) is 3.40. The minimum atomic E-state index is -4.80. The number of hydrogen-bond acceptors (Lipinski definition) is 6. The van der Waals surface area contributed by atoms with Crippen molar-refractivity contribution in [3.63, 3.8) is 0 Å². The van der Waals surface area contributed by atoms with Gasteiger partial charge in [-0.2, -0.15) is 18.2 Å². The first-order chi connectivity index (χ1) is 16.7. The Morgan fingerprint density at radius 2 is 1.91 bits per heavy atom. The van der Waals surface area contributed by atoms with Gasteiger partial charge in [-0.3, -0.25) is 14.9 Å². The number of rotatable bonds is 6. The summed E-state index contributed by atoms with van der Waals surface area (Å²) in [6, 6.07) is 10.5. The van der Waals surface area contributed by atoms with Crippen LogP contribution in [-0.2, 0) is 11.0 Å². The molecule has 4 aromatic rings. The highest BCUT2D eigenvalue weighted by atomic mass is 19.4. The van der Waals surface area contributed by atoms with Crippen LogP contribution in [0.4, 0.5) is 24.8 Å². The summed E-state index contributed by atoms with van der Waals surface area (Å²) in [5, 5.41) is 9.33. The molecule has 1 aromatic carbocycles. The van der Waals surface area contributed by atoms with Crippen LogP contribution < -0.4 is 15.4 Å². The van der Waals surface area contributed by atoms with Crippen LogP contribution in [0.5, 0.6) is 11.5 Å². The van der Waals surface area contributed by atoms with E-state index in [1.54, 1.807) is 30.5 Å². The van der Waals surface area contributed by atoms with Gasteiger partial charge < -0.3 is 14.5 Å². The summed E-state index contributed by atoms with van der Waals surface area (Å²) in [6.07, 6.45) is -1.51. The molecule has 3 aromatic heterocycles. The highest BCUT2D eigenvalue weighted by Gasteiger charge is 2.40. The van der Waals surface area contributed by atoms with E-state index in [1.807, 2.05) is 0 Å². The molecule has 12 heteroatoms. The van der Waals surface area contributed by atoms with E-state index in [0.29, 0.717) is 17.1 Å². The number of carbonyl (C=O) groups excluding carboxylic acids is 2. The fourth-order valence-electron chi connectivity index (χ4n) is 3.40. The Labute approximate surface area is 195 Å². The number of nitrogens with one attached hydrogen (secondary N) is 2. The Kier molecular flexibility index (Phi) is 5.42. The molecule has 2 amide bonds. The van der Waals surface area contributed by atoms with Crippen molar-refractivity contribution in [2.24, 2.45) is 5.92 Å². The fraction of sp³-hybridized carbons (Fsp3) is 0.217. The lowest BCUT2D eigenvalue weighted by Crippen LogP contribution is -2.16. The number of aryl methyl sites for hydroxylation is 1. The van der Waals surface area contributed by atoms with Crippen LogP contribution >= 0.6 is 0 Å². The van der Waals surface area contributed by atoms with Crippen molar-refractivity contribution in [3.8, 4) is 11.5 Å². The van der Waals surface area contributed by atoms with Crippen molar-refractivity contribution in [2.45, 2.75) is 25.9 Å². The third-order valence-electron chi connectivity index (χ3n) is 5.17. The van der Waals surface area contributed by atoms with Crippen molar-refractivity contribution in [2.75, 3.05) is 10.6 Å². The van der Waals surface area contributed by atoms with Crippen molar-refractivity contribution in [1.82, 2.24) is 14.6 Å². The second-order valence-corrected chi connectivity index (χ2v) is 8.05. The Hall–Kier alpha value is -4.35. The van der Waals surface area contributed by atoms with Gasteiger partial charge in [-0.15, -0.1) is 5.10 Å². The molecule has 5 rings (SSSR count). The summed E-state index contributed by atoms with van der Waals surface area (Å²) in [4.78, 5) is 28.6. The van der Waals surface area contributed by atoms with Crippen molar-refractivity contribution >= 4 is 29.1 Å². The molecular formula is C23H18F3N5O4. The maximum atomic E-state index is 13.2. The lowest BCUT2D eigenvalue weighted by atomic mass is 10.2. The van der Waals surface area contributed by atoms with Gasteiger partial charge in [-0.05, 0) is 50.1 Å². The molecule has 1 aliphatic carbocycles. The first-order valence-corrected chi connectivity index (χ1v) is 10.6. The van der Waals surface area contributed by atoms with E-state index in [1.165, 1.54) is 23.6 Å².